The van der Waals surface area contributed by atoms with Gasteiger partial charge in [0, 0.05) is 5.56 Å². The Bertz CT molecular complexity index is 654. The summed E-state index contributed by atoms with van der Waals surface area (Å²) in [6, 6.07) is 14.9. The second-order valence-corrected chi connectivity index (χ2v) is 5.21. The van der Waals surface area contributed by atoms with E-state index >= 15 is 0 Å². The van der Waals surface area contributed by atoms with Gasteiger partial charge in [-0.1, -0.05) is 30.3 Å². The Balaban J connectivity index is 2.03. The van der Waals surface area contributed by atoms with E-state index in [0.29, 0.717) is 30.3 Å². The van der Waals surface area contributed by atoms with Crippen molar-refractivity contribution in [2.24, 2.45) is 0 Å². The maximum absolute atomic E-state index is 11.6. The summed E-state index contributed by atoms with van der Waals surface area (Å²) in [5.74, 6) is 0.620. The Hall–Kier alpha value is -2.53. The van der Waals surface area contributed by atoms with Crippen LogP contribution in [0.5, 0.6) is 11.5 Å². The van der Waals surface area contributed by atoms with Crippen LogP contribution < -0.4 is 9.47 Å². The van der Waals surface area contributed by atoms with Crippen molar-refractivity contribution in [1.29, 1.82) is 0 Å². The van der Waals surface area contributed by atoms with Crippen LogP contribution in [0.15, 0.2) is 48.5 Å². The summed E-state index contributed by atoms with van der Waals surface area (Å²) in [5, 5.41) is 9.53. The van der Waals surface area contributed by atoms with Gasteiger partial charge in [0.15, 0.2) is 6.10 Å². The van der Waals surface area contributed by atoms with Gasteiger partial charge < -0.3 is 19.3 Å². The van der Waals surface area contributed by atoms with Gasteiger partial charge in [0.05, 0.1) is 13.2 Å². The van der Waals surface area contributed by atoms with Crippen molar-refractivity contribution in [3.8, 4) is 11.5 Å². The van der Waals surface area contributed by atoms with Gasteiger partial charge in [-0.15, -0.1) is 0 Å². The number of aliphatic hydroxyl groups excluding tert-OH is 1. The largest absolute Gasteiger partial charge is 0.489 e. The summed E-state index contributed by atoms with van der Waals surface area (Å²) < 4.78 is 16.2. The van der Waals surface area contributed by atoms with Crippen molar-refractivity contribution in [2.75, 3.05) is 6.61 Å². The molecule has 0 radical (unpaired) electrons. The summed E-state index contributed by atoms with van der Waals surface area (Å²) in [5.41, 5.74) is 1.61. The third kappa shape index (κ3) is 4.99. The van der Waals surface area contributed by atoms with Crippen LogP contribution in [0, 0.1) is 0 Å². The van der Waals surface area contributed by atoms with E-state index in [2.05, 4.69) is 0 Å². The lowest BCUT2D eigenvalue weighted by atomic mass is 10.2. The van der Waals surface area contributed by atoms with E-state index in [1.165, 1.54) is 0 Å². The number of benzene rings is 2. The average Bonchev–Trinajstić information content (AvgIpc) is 2.61. The fraction of sp³-hybridized carbons (Fsp3) is 0.316. The molecule has 0 aliphatic heterocycles. The number of ether oxygens (including phenoxy) is 3. The van der Waals surface area contributed by atoms with Crippen LogP contribution in [-0.4, -0.2) is 23.8 Å². The van der Waals surface area contributed by atoms with Gasteiger partial charge in [-0.05, 0) is 37.6 Å². The van der Waals surface area contributed by atoms with E-state index in [-0.39, 0.29) is 6.61 Å². The lowest BCUT2D eigenvalue weighted by molar-refractivity contribution is -0.150. The summed E-state index contributed by atoms with van der Waals surface area (Å²) in [6.45, 7) is 3.87. The molecule has 2 rings (SSSR count). The molecule has 0 amide bonds. The van der Waals surface area contributed by atoms with Crippen molar-refractivity contribution < 1.29 is 24.1 Å². The maximum atomic E-state index is 11.6. The topological polar surface area (TPSA) is 65.0 Å². The minimum absolute atomic E-state index is 0.215. The average molecular weight is 330 g/mol. The van der Waals surface area contributed by atoms with Gasteiger partial charge in [-0.3, -0.25) is 0 Å². The van der Waals surface area contributed by atoms with Crippen molar-refractivity contribution in [2.45, 2.75) is 33.2 Å². The van der Waals surface area contributed by atoms with Crippen LogP contribution in [0.25, 0.3) is 0 Å². The first kappa shape index (κ1) is 17.8. The molecule has 1 atom stereocenters. The fourth-order valence-electron chi connectivity index (χ4n) is 2.12. The fourth-order valence-corrected chi connectivity index (χ4v) is 2.12. The minimum Gasteiger partial charge on any atom is -0.489 e. The van der Waals surface area contributed by atoms with Crippen LogP contribution >= 0.6 is 0 Å². The standard InChI is InChI=1S/C19H22O5/c1-3-22-19(21)14(2)24-18-10-9-17(11-16(18)12-20)23-13-15-7-5-4-6-8-15/h4-11,14,20H,3,12-13H2,1-2H3. The Labute approximate surface area is 141 Å². The van der Waals surface area contributed by atoms with Crippen LogP contribution in [0.1, 0.15) is 25.0 Å². The molecule has 24 heavy (non-hydrogen) atoms. The van der Waals surface area contributed by atoms with E-state index in [9.17, 15) is 9.90 Å². The van der Waals surface area contributed by atoms with Gasteiger partial charge in [-0.25, -0.2) is 4.79 Å². The van der Waals surface area contributed by atoms with E-state index in [1.807, 2.05) is 30.3 Å². The van der Waals surface area contributed by atoms with E-state index in [0.717, 1.165) is 5.56 Å². The third-order valence-electron chi connectivity index (χ3n) is 3.37. The number of hydrogen-bond acceptors (Lipinski definition) is 5. The molecule has 0 spiro atoms. The zero-order valence-electron chi connectivity index (χ0n) is 13.9. The highest BCUT2D eigenvalue weighted by molar-refractivity contribution is 5.74. The summed E-state index contributed by atoms with van der Waals surface area (Å²) in [4.78, 5) is 11.6. The Morgan fingerprint density at radius 1 is 1.17 bits per heavy atom. The Kier molecular flexibility index (Phi) is 6.63. The number of esters is 1. The van der Waals surface area contributed by atoms with Crippen LogP contribution in [0.4, 0.5) is 0 Å². The second-order valence-electron chi connectivity index (χ2n) is 5.21. The highest BCUT2D eigenvalue weighted by Crippen LogP contribution is 2.26. The minimum atomic E-state index is -0.744. The first-order valence-electron chi connectivity index (χ1n) is 7.87. The summed E-state index contributed by atoms with van der Waals surface area (Å²) >= 11 is 0. The molecule has 0 heterocycles. The monoisotopic (exact) mass is 330 g/mol. The predicted octanol–water partition coefficient (Wildman–Crippen LogP) is 3.09. The first-order valence-corrected chi connectivity index (χ1v) is 7.87. The zero-order valence-corrected chi connectivity index (χ0v) is 13.9. The molecular formula is C19H22O5. The van der Waals surface area contributed by atoms with Gasteiger partial charge in [0.25, 0.3) is 0 Å². The molecule has 5 nitrogen and oxygen atoms in total. The molecule has 0 saturated heterocycles. The summed E-state index contributed by atoms with van der Waals surface area (Å²) in [7, 11) is 0. The Morgan fingerprint density at radius 2 is 1.92 bits per heavy atom. The molecule has 0 fully saturated rings. The van der Waals surface area contributed by atoms with Crippen LogP contribution in [0.3, 0.4) is 0 Å². The SMILES string of the molecule is CCOC(=O)C(C)Oc1ccc(OCc2ccccc2)cc1CO. The molecule has 2 aromatic carbocycles. The van der Waals surface area contributed by atoms with E-state index < -0.39 is 12.1 Å². The molecule has 0 aromatic heterocycles. The molecule has 1 N–H and O–H groups in total. The van der Waals surface area contributed by atoms with Gasteiger partial charge in [-0.2, -0.15) is 0 Å². The van der Waals surface area contributed by atoms with Crippen molar-refractivity contribution in [3.05, 3.63) is 59.7 Å². The van der Waals surface area contributed by atoms with Crippen LogP contribution in [-0.2, 0) is 22.7 Å². The zero-order chi connectivity index (χ0) is 17.4. The number of carbonyl (C=O) groups excluding carboxylic acids is 1. The molecule has 0 aliphatic carbocycles. The highest BCUT2D eigenvalue weighted by Gasteiger charge is 2.17. The van der Waals surface area contributed by atoms with E-state index in [4.69, 9.17) is 14.2 Å². The molecule has 0 aliphatic rings. The second kappa shape index (κ2) is 8.93. The van der Waals surface area contributed by atoms with E-state index in [1.54, 1.807) is 32.0 Å². The van der Waals surface area contributed by atoms with Gasteiger partial charge in [0.1, 0.15) is 18.1 Å². The number of carbonyl (C=O) groups is 1. The molecular weight excluding hydrogens is 308 g/mol. The van der Waals surface area contributed by atoms with Crippen LogP contribution in [0.2, 0.25) is 0 Å². The molecule has 2 aromatic rings. The van der Waals surface area contributed by atoms with Crippen molar-refractivity contribution in [3.63, 3.8) is 0 Å². The predicted molar refractivity (Wildman–Crippen MR) is 89.9 cm³/mol. The van der Waals surface area contributed by atoms with Crippen molar-refractivity contribution >= 4 is 5.97 Å². The molecule has 0 bridgehead atoms. The number of hydrogen-bond donors (Lipinski definition) is 1. The Morgan fingerprint density at radius 3 is 2.58 bits per heavy atom. The number of aliphatic hydroxyl groups is 1. The van der Waals surface area contributed by atoms with Gasteiger partial charge >= 0.3 is 5.97 Å². The maximum Gasteiger partial charge on any atom is 0.347 e. The lowest BCUT2D eigenvalue weighted by Gasteiger charge is -2.16. The molecule has 1 unspecified atom stereocenters. The first-order chi connectivity index (χ1) is 11.6. The quantitative estimate of drug-likeness (QED) is 0.754. The van der Waals surface area contributed by atoms with Crippen molar-refractivity contribution in [1.82, 2.24) is 0 Å². The highest BCUT2D eigenvalue weighted by atomic mass is 16.6. The molecule has 128 valence electrons. The molecule has 0 saturated carbocycles. The lowest BCUT2D eigenvalue weighted by Crippen LogP contribution is -2.26. The number of rotatable bonds is 8. The third-order valence-corrected chi connectivity index (χ3v) is 3.37. The smallest absolute Gasteiger partial charge is 0.347 e. The summed E-state index contributed by atoms with van der Waals surface area (Å²) in [6.07, 6.45) is -0.744. The normalized spacial score (nSPS) is 11.6. The molecule has 5 heteroatoms. The van der Waals surface area contributed by atoms with Gasteiger partial charge in [0.2, 0.25) is 0 Å².